The van der Waals surface area contributed by atoms with Crippen molar-refractivity contribution in [3.8, 4) is 5.75 Å². The van der Waals surface area contributed by atoms with Gasteiger partial charge < -0.3 is 9.64 Å². The van der Waals surface area contributed by atoms with Crippen molar-refractivity contribution < 1.29 is 9.53 Å². The van der Waals surface area contributed by atoms with Gasteiger partial charge in [0.1, 0.15) is 5.75 Å². The molecule has 1 aliphatic heterocycles. The van der Waals surface area contributed by atoms with Crippen LogP contribution in [0.15, 0.2) is 54.6 Å². The second kappa shape index (κ2) is 8.88. The molecule has 0 radical (unpaired) electrons. The second-order valence-electron chi connectivity index (χ2n) is 7.29. The number of carbonyl (C=O) groups excluding carboxylic acids is 1. The smallest absolute Gasteiger partial charge is 0.263 e. The fraction of sp³-hybridized carbons (Fsp3) is 0.435. The predicted molar refractivity (Wildman–Crippen MR) is 105 cm³/mol. The number of carbonyl (C=O) groups is 1. The minimum absolute atomic E-state index is 0.132. The topological polar surface area (TPSA) is 29.5 Å². The number of ether oxygens (including phenoxy) is 1. The summed E-state index contributed by atoms with van der Waals surface area (Å²) in [5, 5.41) is 0. The van der Waals surface area contributed by atoms with Crippen molar-refractivity contribution in [2.24, 2.45) is 5.92 Å². The summed E-state index contributed by atoms with van der Waals surface area (Å²) in [6.07, 6.45) is 3.56. The van der Waals surface area contributed by atoms with Gasteiger partial charge in [0.2, 0.25) is 0 Å². The van der Waals surface area contributed by atoms with Gasteiger partial charge in [0.15, 0.2) is 6.10 Å². The second-order valence-corrected chi connectivity index (χ2v) is 7.29. The molecule has 0 saturated carbocycles. The molecule has 26 heavy (non-hydrogen) atoms. The Labute approximate surface area is 157 Å². The Morgan fingerprint density at radius 2 is 1.85 bits per heavy atom. The highest BCUT2D eigenvalue weighted by atomic mass is 16.5. The van der Waals surface area contributed by atoms with Gasteiger partial charge in [0.25, 0.3) is 5.91 Å². The molecule has 2 aromatic carbocycles. The van der Waals surface area contributed by atoms with E-state index in [2.05, 4.69) is 30.3 Å². The fourth-order valence-electron chi connectivity index (χ4n) is 3.67. The molecule has 0 aliphatic carbocycles. The van der Waals surface area contributed by atoms with Gasteiger partial charge in [-0.3, -0.25) is 4.79 Å². The third-order valence-electron chi connectivity index (χ3n) is 5.21. The molecule has 3 rings (SSSR count). The van der Waals surface area contributed by atoms with Crippen molar-refractivity contribution in [2.75, 3.05) is 13.1 Å². The number of hydrogen-bond donors (Lipinski definition) is 0. The van der Waals surface area contributed by atoms with E-state index in [0.29, 0.717) is 12.3 Å². The van der Waals surface area contributed by atoms with E-state index >= 15 is 0 Å². The fourth-order valence-corrected chi connectivity index (χ4v) is 3.67. The van der Waals surface area contributed by atoms with Gasteiger partial charge in [0.05, 0.1) is 0 Å². The summed E-state index contributed by atoms with van der Waals surface area (Å²) in [4.78, 5) is 14.9. The SMILES string of the molecule is CC[C@H](Oc1cccc(C)c1)C(=O)N1CCC(Cc2ccccc2)CC1. The van der Waals surface area contributed by atoms with Crippen LogP contribution in [0.5, 0.6) is 5.75 Å². The van der Waals surface area contributed by atoms with Crippen LogP contribution in [0, 0.1) is 12.8 Å². The van der Waals surface area contributed by atoms with E-state index in [1.165, 1.54) is 5.56 Å². The maximum Gasteiger partial charge on any atom is 0.263 e. The zero-order valence-electron chi connectivity index (χ0n) is 15.9. The lowest BCUT2D eigenvalue weighted by molar-refractivity contribution is -0.140. The summed E-state index contributed by atoms with van der Waals surface area (Å²) in [6.45, 7) is 5.72. The van der Waals surface area contributed by atoms with E-state index in [1.54, 1.807) is 0 Å². The zero-order chi connectivity index (χ0) is 18.4. The van der Waals surface area contributed by atoms with E-state index in [9.17, 15) is 4.79 Å². The minimum Gasteiger partial charge on any atom is -0.481 e. The van der Waals surface area contributed by atoms with Crippen molar-refractivity contribution in [1.29, 1.82) is 0 Å². The molecule has 3 heteroatoms. The molecule has 0 bridgehead atoms. The van der Waals surface area contributed by atoms with Gasteiger partial charge >= 0.3 is 0 Å². The summed E-state index contributed by atoms with van der Waals surface area (Å²) in [5.41, 5.74) is 2.54. The van der Waals surface area contributed by atoms with E-state index in [0.717, 1.165) is 43.7 Å². The maximum absolute atomic E-state index is 12.9. The zero-order valence-corrected chi connectivity index (χ0v) is 15.9. The number of aryl methyl sites for hydroxylation is 1. The highest BCUT2D eigenvalue weighted by molar-refractivity contribution is 5.81. The summed E-state index contributed by atoms with van der Waals surface area (Å²) in [5.74, 6) is 1.58. The molecule has 1 saturated heterocycles. The first-order valence-electron chi connectivity index (χ1n) is 9.71. The van der Waals surface area contributed by atoms with Gasteiger partial charge in [-0.15, -0.1) is 0 Å². The number of likely N-dealkylation sites (tertiary alicyclic amines) is 1. The number of amides is 1. The summed E-state index contributed by atoms with van der Waals surface area (Å²) in [7, 11) is 0. The Balaban J connectivity index is 1.53. The molecule has 1 heterocycles. The number of hydrogen-bond acceptors (Lipinski definition) is 2. The Morgan fingerprint density at radius 3 is 2.50 bits per heavy atom. The van der Waals surface area contributed by atoms with Gasteiger partial charge in [-0.05, 0) is 61.8 Å². The van der Waals surface area contributed by atoms with Crippen LogP contribution in [0.3, 0.4) is 0 Å². The molecule has 1 fully saturated rings. The maximum atomic E-state index is 12.9. The van der Waals surface area contributed by atoms with Crippen LogP contribution in [-0.2, 0) is 11.2 Å². The molecule has 1 aliphatic rings. The average Bonchev–Trinajstić information content (AvgIpc) is 2.67. The van der Waals surface area contributed by atoms with E-state index in [-0.39, 0.29) is 12.0 Å². The Hall–Kier alpha value is -2.29. The largest absolute Gasteiger partial charge is 0.481 e. The molecule has 138 valence electrons. The van der Waals surface area contributed by atoms with Crippen molar-refractivity contribution in [2.45, 2.75) is 45.6 Å². The molecule has 2 aromatic rings. The Kier molecular flexibility index (Phi) is 6.32. The average molecular weight is 351 g/mol. The monoisotopic (exact) mass is 351 g/mol. The van der Waals surface area contributed by atoms with E-state index < -0.39 is 0 Å². The molecule has 1 atom stereocenters. The number of rotatable bonds is 6. The molecule has 0 spiro atoms. The molecule has 3 nitrogen and oxygen atoms in total. The van der Waals surface area contributed by atoms with Gasteiger partial charge in [-0.25, -0.2) is 0 Å². The minimum atomic E-state index is -0.387. The Bertz CT molecular complexity index is 705. The van der Waals surface area contributed by atoms with Crippen LogP contribution >= 0.6 is 0 Å². The predicted octanol–water partition coefficient (Wildman–Crippen LogP) is 4.63. The Morgan fingerprint density at radius 1 is 1.12 bits per heavy atom. The lowest BCUT2D eigenvalue weighted by Gasteiger charge is -2.34. The van der Waals surface area contributed by atoms with Gasteiger partial charge in [0, 0.05) is 13.1 Å². The first-order chi connectivity index (χ1) is 12.7. The lowest BCUT2D eigenvalue weighted by Crippen LogP contribution is -2.45. The van der Waals surface area contributed by atoms with Crippen molar-refractivity contribution in [3.63, 3.8) is 0 Å². The van der Waals surface area contributed by atoms with Crippen molar-refractivity contribution in [3.05, 3.63) is 65.7 Å². The van der Waals surface area contributed by atoms with Crippen molar-refractivity contribution in [1.82, 2.24) is 4.90 Å². The highest BCUT2D eigenvalue weighted by Gasteiger charge is 2.28. The number of piperidine rings is 1. The van der Waals surface area contributed by atoms with Crippen LogP contribution in [0.4, 0.5) is 0 Å². The molecule has 0 aromatic heterocycles. The molecular formula is C23H29NO2. The lowest BCUT2D eigenvalue weighted by atomic mass is 9.90. The first kappa shape index (κ1) is 18.5. The van der Waals surface area contributed by atoms with Crippen LogP contribution in [0.2, 0.25) is 0 Å². The van der Waals surface area contributed by atoms with Crippen LogP contribution in [-0.4, -0.2) is 30.0 Å². The standard InChI is InChI=1S/C23H29NO2/c1-3-22(26-21-11-7-8-18(2)16-21)23(25)24-14-12-20(13-15-24)17-19-9-5-4-6-10-19/h4-11,16,20,22H,3,12-15,17H2,1-2H3/t22-/m0/s1. The molecule has 0 N–H and O–H groups in total. The van der Waals surface area contributed by atoms with Crippen molar-refractivity contribution >= 4 is 5.91 Å². The highest BCUT2D eigenvalue weighted by Crippen LogP contribution is 2.23. The van der Waals surface area contributed by atoms with Crippen LogP contribution < -0.4 is 4.74 Å². The van der Waals surface area contributed by atoms with Gasteiger partial charge in [-0.2, -0.15) is 0 Å². The number of benzene rings is 2. The third-order valence-corrected chi connectivity index (χ3v) is 5.21. The normalized spacial score (nSPS) is 16.3. The summed E-state index contributed by atoms with van der Waals surface area (Å²) in [6, 6.07) is 18.6. The molecular weight excluding hydrogens is 322 g/mol. The van der Waals surface area contributed by atoms with E-state index in [4.69, 9.17) is 4.74 Å². The molecule has 1 amide bonds. The first-order valence-corrected chi connectivity index (χ1v) is 9.71. The van der Waals surface area contributed by atoms with Gasteiger partial charge in [-0.1, -0.05) is 49.4 Å². The third kappa shape index (κ3) is 4.87. The summed E-state index contributed by atoms with van der Waals surface area (Å²) >= 11 is 0. The van der Waals surface area contributed by atoms with E-state index in [1.807, 2.05) is 43.0 Å². The quantitative estimate of drug-likeness (QED) is 0.759. The summed E-state index contributed by atoms with van der Waals surface area (Å²) < 4.78 is 5.99. The number of nitrogens with zero attached hydrogens (tertiary/aromatic N) is 1. The molecule has 0 unspecified atom stereocenters. The van der Waals surface area contributed by atoms with Crippen LogP contribution in [0.25, 0.3) is 0 Å². The van der Waals surface area contributed by atoms with Crippen LogP contribution in [0.1, 0.15) is 37.3 Å².